The van der Waals surface area contributed by atoms with E-state index in [-0.39, 0.29) is 23.7 Å². The SMILES string of the molecule is COc1ccc(-c2nc(Cn3nnc(C(=O)Nc4ccc(F)cc4F)c3N)c(C)o2)cc1OC. The van der Waals surface area contributed by atoms with Gasteiger partial charge in [-0.2, -0.15) is 0 Å². The fourth-order valence-corrected chi connectivity index (χ4v) is 3.18. The number of ether oxygens (including phenoxy) is 2. The van der Waals surface area contributed by atoms with Crippen molar-refractivity contribution >= 4 is 17.4 Å². The largest absolute Gasteiger partial charge is 0.493 e. The van der Waals surface area contributed by atoms with Crippen LogP contribution < -0.4 is 20.5 Å². The van der Waals surface area contributed by atoms with Crippen LogP contribution in [0.25, 0.3) is 11.5 Å². The molecule has 0 fully saturated rings. The Bertz CT molecular complexity index is 1370. The summed E-state index contributed by atoms with van der Waals surface area (Å²) in [5.41, 5.74) is 6.79. The Hall–Kier alpha value is -4.48. The lowest BCUT2D eigenvalue weighted by Crippen LogP contribution is -2.16. The van der Waals surface area contributed by atoms with Crippen molar-refractivity contribution in [3.63, 3.8) is 0 Å². The molecule has 0 unspecified atom stereocenters. The predicted molar refractivity (Wildman–Crippen MR) is 118 cm³/mol. The number of nitrogens with two attached hydrogens (primary N) is 1. The third-order valence-corrected chi connectivity index (χ3v) is 4.99. The second kappa shape index (κ2) is 9.17. The van der Waals surface area contributed by atoms with E-state index in [4.69, 9.17) is 19.6 Å². The van der Waals surface area contributed by atoms with Gasteiger partial charge in [0.1, 0.15) is 23.1 Å². The van der Waals surface area contributed by atoms with Crippen molar-refractivity contribution in [3.8, 4) is 23.0 Å². The summed E-state index contributed by atoms with van der Waals surface area (Å²) in [5.74, 6) is -0.609. The molecule has 10 nitrogen and oxygen atoms in total. The van der Waals surface area contributed by atoms with Gasteiger partial charge in [-0.25, -0.2) is 18.4 Å². The zero-order valence-electron chi connectivity index (χ0n) is 18.4. The number of nitrogens with zero attached hydrogens (tertiary/aromatic N) is 4. The lowest BCUT2D eigenvalue weighted by Gasteiger charge is -2.07. The van der Waals surface area contributed by atoms with Crippen LogP contribution in [0.1, 0.15) is 21.9 Å². The van der Waals surface area contributed by atoms with Crippen LogP contribution in [0.15, 0.2) is 40.8 Å². The van der Waals surface area contributed by atoms with Gasteiger partial charge in [0.2, 0.25) is 5.89 Å². The van der Waals surface area contributed by atoms with E-state index in [1.165, 1.54) is 18.9 Å². The molecule has 0 aliphatic rings. The van der Waals surface area contributed by atoms with Gasteiger partial charge < -0.3 is 24.9 Å². The summed E-state index contributed by atoms with van der Waals surface area (Å²) in [4.78, 5) is 17.0. The van der Waals surface area contributed by atoms with Crippen LogP contribution in [0, 0.1) is 18.6 Å². The van der Waals surface area contributed by atoms with Crippen molar-refractivity contribution in [3.05, 3.63) is 65.2 Å². The number of anilines is 2. The number of methoxy groups -OCH3 is 2. The van der Waals surface area contributed by atoms with Gasteiger partial charge in [0, 0.05) is 11.6 Å². The number of nitrogen functional groups attached to an aromatic ring is 1. The standard InChI is InChI=1S/C22H20F2N6O4/c1-11-16(27-22(34-11)12-4-7-17(32-2)18(8-12)33-3)10-30-20(25)19(28-29-30)21(31)26-15-6-5-13(23)9-14(15)24/h4-9H,10,25H2,1-3H3,(H,26,31). The molecule has 4 rings (SSSR count). The summed E-state index contributed by atoms with van der Waals surface area (Å²) in [6.07, 6.45) is 0. The van der Waals surface area contributed by atoms with E-state index < -0.39 is 17.5 Å². The molecule has 1 amide bonds. The minimum atomic E-state index is -0.930. The van der Waals surface area contributed by atoms with E-state index in [9.17, 15) is 13.6 Å². The van der Waals surface area contributed by atoms with Crippen molar-refractivity contribution < 1.29 is 27.5 Å². The highest BCUT2D eigenvalue weighted by molar-refractivity contribution is 6.05. The molecule has 0 radical (unpaired) electrons. The van der Waals surface area contributed by atoms with Crippen molar-refractivity contribution in [1.82, 2.24) is 20.0 Å². The van der Waals surface area contributed by atoms with E-state index in [2.05, 4.69) is 20.6 Å². The van der Waals surface area contributed by atoms with E-state index in [0.717, 1.165) is 12.1 Å². The van der Waals surface area contributed by atoms with Crippen molar-refractivity contribution in [2.24, 2.45) is 0 Å². The molecule has 0 aliphatic heterocycles. The van der Waals surface area contributed by atoms with Gasteiger partial charge in [-0.3, -0.25) is 4.79 Å². The van der Waals surface area contributed by atoms with Crippen LogP contribution in [-0.4, -0.2) is 40.1 Å². The summed E-state index contributed by atoms with van der Waals surface area (Å²) in [7, 11) is 3.07. The van der Waals surface area contributed by atoms with Gasteiger partial charge in [0.05, 0.1) is 26.5 Å². The van der Waals surface area contributed by atoms with Gasteiger partial charge in [0.25, 0.3) is 5.91 Å². The minimum absolute atomic E-state index is 0.0601. The Morgan fingerprint density at radius 3 is 2.62 bits per heavy atom. The number of halogens is 2. The summed E-state index contributed by atoms with van der Waals surface area (Å²) < 4.78 is 44.5. The molecule has 4 aromatic rings. The van der Waals surface area contributed by atoms with Crippen LogP contribution in [-0.2, 0) is 6.54 Å². The third kappa shape index (κ3) is 4.37. The van der Waals surface area contributed by atoms with Gasteiger partial charge >= 0.3 is 0 Å². The molecule has 12 heteroatoms. The number of oxazole rings is 1. The van der Waals surface area contributed by atoms with Crippen LogP contribution in [0.4, 0.5) is 20.3 Å². The van der Waals surface area contributed by atoms with Crippen LogP contribution in [0.3, 0.4) is 0 Å². The number of aryl methyl sites for hydroxylation is 1. The molecule has 3 N–H and O–H groups in total. The normalized spacial score (nSPS) is 10.9. The molecular formula is C22H20F2N6O4. The number of hydrogen-bond donors (Lipinski definition) is 2. The fourth-order valence-electron chi connectivity index (χ4n) is 3.18. The molecule has 34 heavy (non-hydrogen) atoms. The highest BCUT2D eigenvalue weighted by Crippen LogP contribution is 2.32. The summed E-state index contributed by atoms with van der Waals surface area (Å²) in [6.45, 7) is 1.80. The topological polar surface area (TPSA) is 130 Å². The minimum Gasteiger partial charge on any atom is -0.493 e. The van der Waals surface area contributed by atoms with Crippen molar-refractivity contribution in [1.29, 1.82) is 0 Å². The Balaban J connectivity index is 1.54. The maximum Gasteiger partial charge on any atom is 0.280 e. The van der Waals surface area contributed by atoms with Gasteiger partial charge in [-0.1, -0.05) is 5.21 Å². The molecule has 2 aromatic heterocycles. The molecule has 0 saturated heterocycles. The van der Waals surface area contributed by atoms with E-state index in [0.29, 0.717) is 40.5 Å². The first-order chi connectivity index (χ1) is 16.3. The lowest BCUT2D eigenvalue weighted by molar-refractivity contribution is 0.102. The molecule has 2 heterocycles. The monoisotopic (exact) mass is 470 g/mol. The number of carbonyl (C=O) groups is 1. The van der Waals surface area contributed by atoms with Crippen molar-refractivity contribution in [2.75, 3.05) is 25.3 Å². The van der Waals surface area contributed by atoms with E-state index >= 15 is 0 Å². The second-order valence-corrected chi connectivity index (χ2v) is 7.15. The van der Waals surface area contributed by atoms with Gasteiger partial charge in [0.15, 0.2) is 23.0 Å². The number of aromatic nitrogens is 4. The zero-order chi connectivity index (χ0) is 24.4. The molecule has 0 bridgehead atoms. The number of carbonyl (C=O) groups excluding carboxylic acids is 1. The van der Waals surface area contributed by atoms with Gasteiger partial charge in [-0.05, 0) is 37.3 Å². The molecule has 0 saturated carbocycles. The Morgan fingerprint density at radius 1 is 1.15 bits per heavy atom. The molecule has 0 aliphatic carbocycles. The maximum atomic E-state index is 13.8. The van der Waals surface area contributed by atoms with Gasteiger partial charge in [-0.15, -0.1) is 5.10 Å². The predicted octanol–water partition coefficient (Wildman–Crippen LogP) is 3.42. The van der Waals surface area contributed by atoms with Crippen LogP contribution in [0.5, 0.6) is 11.5 Å². The number of benzene rings is 2. The fraction of sp³-hybridized carbons (Fsp3) is 0.182. The average Bonchev–Trinajstić information content (AvgIpc) is 3.37. The van der Waals surface area contributed by atoms with E-state index in [1.54, 1.807) is 25.1 Å². The summed E-state index contributed by atoms with van der Waals surface area (Å²) >= 11 is 0. The number of nitrogens with one attached hydrogen (secondary N) is 1. The molecule has 176 valence electrons. The highest BCUT2D eigenvalue weighted by atomic mass is 19.1. The smallest absolute Gasteiger partial charge is 0.280 e. The van der Waals surface area contributed by atoms with Crippen LogP contribution in [0.2, 0.25) is 0 Å². The first-order valence-electron chi connectivity index (χ1n) is 9.94. The van der Waals surface area contributed by atoms with Crippen molar-refractivity contribution in [2.45, 2.75) is 13.5 Å². The third-order valence-electron chi connectivity index (χ3n) is 4.99. The first kappa shape index (κ1) is 22.7. The first-order valence-corrected chi connectivity index (χ1v) is 9.94. The number of amides is 1. The molecule has 2 aromatic carbocycles. The number of hydrogen-bond acceptors (Lipinski definition) is 8. The zero-order valence-corrected chi connectivity index (χ0v) is 18.4. The molecule has 0 spiro atoms. The quantitative estimate of drug-likeness (QED) is 0.420. The average molecular weight is 470 g/mol. The van der Waals surface area contributed by atoms with Crippen LogP contribution >= 0.6 is 0 Å². The molecule has 0 atom stereocenters. The number of rotatable bonds is 7. The lowest BCUT2D eigenvalue weighted by atomic mass is 10.2. The summed E-state index contributed by atoms with van der Waals surface area (Å²) in [5, 5.41) is 9.97. The highest BCUT2D eigenvalue weighted by Gasteiger charge is 2.21. The Morgan fingerprint density at radius 2 is 1.91 bits per heavy atom. The Labute approximate surface area is 192 Å². The van der Waals surface area contributed by atoms with E-state index in [1.807, 2.05) is 0 Å². The summed E-state index contributed by atoms with van der Waals surface area (Å²) in [6, 6.07) is 8.00. The maximum absolute atomic E-state index is 13.8. The molecular weight excluding hydrogens is 450 g/mol. The second-order valence-electron chi connectivity index (χ2n) is 7.15. The Kier molecular flexibility index (Phi) is 6.13.